The Balaban J connectivity index is 3.49. The molecule has 0 amide bonds. The Morgan fingerprint density at radius 2 is 1.50 bits per heavy atom. The van der Waals surface area contributed by atoms with Crippen LogP contribution in [0, 0.1) is 0 Å². The number of rotatable bonds is 10. The van der Waals surface area contributed by atoms with Gasteiger partial charge in [0.15, 0.2) is 0 Å². The normalized spacial score (nSPS) is 11.1. The fourth-order valence-corrected chi connectivity index (χ4v) is 4.62. The third kappa shape index (κ3) is 9.28. The first-order chi connectivity index (χ1) is 6.85. The summed E-state index contributed by atoms with van der Waals surface area (Å²) in [6.07, 6.45) is 4.85. The van der Waals surface area contributed by atoms with Gasteiger partial charge >= 0.3 is 99.0 Å². The van der Waals surface area contributed by atoms with Crippen molar-refractivity contribution < 1.29 is 9.47 Å². The second-order valence-electron chi connectivity index (χ2n) is 3.38. The van der Waals surface area contributed by atoms with E-state index in [4.69, 9.17) is 9.47 Å². The average Bonchev–Trinajstić information content (AvgIpc) is 2.21. The first-order valence-corrected chi connectivity index (χ1v) is 9.48. The number of unbranched alkanes of at least 4 members (excludes halogenated alkanes) is 1. The second-order valence-corrected chi connectivity index (χ2v) is 7.32. The van der Waals surface area contributed by atoms with E-state index in [1.807, 2.05) is 0 Å². The van der Waals surface area contributed by atoms with E-state index in [1.165, 1.54) is 17.3 Å². The predicted molar refractivity (Wildman–Crippen MR) is 61.7 cm³/mol. The quantitative estimate of drug-likeness (QED) is 0.351. The van der Waals surface area contributed by atoms with Gasteiger partial charge < -0.3 is 0 Å². The van der Waals surface area contributed by atoms with E-state index in [9.17, 15) is 0 Å². The molecule has 84 valence electrons. The Morgan fingerprint density at radius 3 is 1.93 bits per heavy atom. The van der Waals surface area contributed by atoms with Gasteiger partial charge in [-0.05, 0) is 0 Å². The van der Waals surface area contributed by atoms with E-state index in [2.05, 4.69) is 20.8 Å². The van der Waals surface area contributed by atoms with Crippen LogP contribution in [-0.4, -0.2) is 38.7 Å². The van der Waals surface area contributed by atoms with Crippen molar-refractivity contribution in [3.63, 3.8) is 0 Å². The Kier molecular flexibility index (Phi) is 12.4. The molecule has 0 heterocycles. The molecule has 0 atom stereocenters. The molecule has 0 bridgehead atoms. The van der Waals surface area contributed by atoms with Gasteiger partial charge in [0, 0.05) is 0 Å². The van der Waals surface area contributed by atoms with Crippen LogP contribution in [0.1, 0.15) is 46.5 Å². The molecule has 2 nitrogen and oxygen atoms in total. The summed E-state index contributed by atoms with van der Waals surface area (Å²) >= 11 is -0.444. The molecule has 0 spiro atoms. The SMILES string of the molecule is CCC[CH2][Sn][CH](OCCC)OCCC. The molecule has 0 saturated carbocycles. The Bertz CT molecular complexity index is 101. The molecular formula is C11H24O2Sn. The summed E-state index contributed by atoms with van der Waals surface area (Å²) < 4.78 is 13.0. The van der Waals surface area contributed by atoms with Crippen molar-refractivity contribution in [2.45, 2.75) is 55.2 Å². The van der Waals surface area contributed by atoms with E-state index in [1.54, 1.807) is 0 Å². The van der Waals surface area contributed by atoms with Crippen molar-refractivity contribution in [2.75, 3.05) is 13.2 Å². The van der Waals surface area contributed by atoms with Gasteiger partial charge in [-0.2, -0.15) is 0 Å². The van der Waals surface area contributed by atoms with Crippen LogP contribution in [0.2, 0.25) is 4.44 Å². The van der Waals surface area contributed by atoms with Crippen LogP contribution >= 0.6 is 0 Å². The summed E-state index contributed by atoms with van der Waals surface area (Å²) in [6, 6.07) is 0. The number of hydrogen-bond donors (Lipinski definition) is 0. The average molecular weight is 307 g/mol. The summed E-state index contributed by atoms with van der Waals surface area (Å²) in [6.45, 7) is 8.26. The first-order valence-electron chi connectivity index (χ1n) is 5.81. The third-order valence-electron chi connectivity index (χ3n) is 1.79. The van der Waals surface area contributed by atoms with E-state index in [0.717, 1.165) is 26.1 Å². The van der Waals surface area contributed by atoms with Crippen LogP contribution in [0.4, 0.5) is 0 Å². The molecule has 0 aromatic rings. The van der Waals surface area contributed by atoms with Crippen molar-refractivity contribution in [2.24, 2.45) is 0 Å². The van der Waals surface area contributed by atoms with Crippen LogP contribution < -0.4 is 0 Å². The molecule has 3 heteroatoms. The molecule has 0 saturated heterocycles. The summed E-state index contributed by atoms with van der Waals surface area (Å²) in [5.74, 6) is 0. The molecular weight excluding hydrogens is 283 g/mol. The Labute approximate surface area is 99.0 Å². The summed E-state index contributed by atoms with van der Waals surface area (Å²) in [4.78, 5) is 0. The number of ether oxygens (including phenoxy) is 2. The van der Waals surface area contributed by atoms with Crippen LogP contribution in [-0.2, 0) is 9.47 Å². The van der Waals surface area contributed by atoms with Gasteiger partial charge in [-0.25, -0.2) is 0 Å². The van der Waals surface area contributed by atoms with E-state index in [0.29, 0.717) is 0 Å². The van der Waals surface area contributed by atoms with E-state index in [-0.39, 0.29) is 4.31 Å². The fraction of sp³-hybridized carbons (Fsp3) is 1.00. The molecule has 0 unspecified atom stereocenters. The number of hydrogen-bond acceptors (Lipinski definition) is 2. The maximum absolute atomic E-state index is 5.69. The van der Waals surface area contributed by atoms with Crippen molar-refractivity contribution in [1.82, 2.24) is 0 Å². The maximum atomic E-state index is 5.69. The minimum absolute atomic E-state index is 0.213. The van der Waals surface area contributed by atoms with Crippen LogP contribution in [0.25, 0.3) is 0 Å². The minimum atomic E-state index is -0.444. The van der Waals surface area contributed by atoms with Crippen LogP contribution in [0.5, 0.6) is 0 Å². The first kappa shape index (κ1) is 14.7. The zero-order chi connectivity index (χ0) is 10.6. The van der Waals surface area contributed by atoms with Gasteiger partial charge in [-0.15, -0.1) is 0 Å². The summed E-state index contributed by atoms with van der Waals surface area (Å²) in [7, 11) is 0. The van der Waals surface area contributed by atoms with Crippen LogP contribution in [0.15, 0.2) is 0 Å². The zero-order valence-electron chi connectivity index (χ0n) is 9.84. The second kappa shape index (κ2) is 11.8. The molecule has 0 fully saturated rings. The van der Waals surface area contributed by atoms with E-state index < -0.39 is 21.1 Å². The molecule has 14 heavy (non-hydrogen) atoms. The Hall–Kier alpha value is 0.719. The molecule has 0 aromatic carbocycles. The van der Waals surface area contributed by atoms with Gasteiger partial charge in [-0.3, -0.25) is 0 Å². The molecule has 0 aliphatic rings. The van der Waals surface area contributed by atoms with Crippen molar-refractivity contribution in [3.05, 3.63) is 0 Å². The standard InChI is InChI=1S/C7H15O2.C4H9.Sn/c1-3-5-8-7-9-6-4-2;1-3-4-2;/h7H,3-6H2,1-2H3;1,3-4H2,2H3;. The molecule has 0 aliphatic heterocycles. The van der Waals surface area contributed by atoms with Crippen molar-refractivity contribution in [1.29, 1.82) is 0 Å². The van der Waals surface area contributed by atoms with Crippen molar-refractivity contribution >= 4 is 21.1 Å². The summed E-state index contributed by atoms with van der Waals surface area (Å²) in [5.41, 5.74) is 0. The van der Waals surface area contributed by atoms with E-state index >= 15 is 0 Å². The molecule has 0 aromatic heterocycles. The molecule has 0 rings (SSSR count). The Morgan fingerprint density at radius 1 is 0.929 bits per heavy atom. The van der Waals surface area contributed by atoms with Crippen LogP contribution in [0.3, 0.4) is 0 Å². The molecule has 0 N–H and O–H groups in total. The topological polar surface area (TPSA) is 18.5 Å². The van der Waals surface area contributed by atoms with Gasteiger partial charge in [0.1, 0.15) is 0 Å². The predicted octanol–water partition coefficient (Wildman–Crippen LogP) is 3.05. The van der Waals surface area contributed by atoms with Crippen molar-refractivity contribution in [3.8, 4) is 0 Å². The molecule has 2 radical (unpaired) electrons. The zero-order valence-corrected chi connectivity index (χ0v) is 12.7. The molecule has 0 aliphatic carbocycles. The van der Waals surface area contributed by atoms with Gasteiger partial charge in [0.25, 0.3) is 0 Å². The third-order valence-corrected chi connectivity index (χ3v) is 5.52. The summed E-state index contributed by atoms with van der Waals surface area (Å²) in [5, 5.41) is 0. The fourth-order valence-electron chi connectivity index (χ4n) is 1.01. The van der Waals surface area contributed by atoms with Gasteiger partial charge in [-0.1, -0.05) is 0 Å². The van der Waals surface area contributed by atoms with Gasteiger partial charge in [0.2, 0.25) is 0 Å². The van der Waals surface area contributed by atoms with Gasteiger partial charge in [0.05, 0.1) is 0 Å². The monoisotopic (exact) mass is 308 g/mol.